The summed E-state index contributed by atoms with van der Waals surface area (Å²) in [6.45, 7) is 1.44. The number of ketones is 1. The predicted octanol–water partition coefficient (Wildman–Crippen LogP) is 2.90. The van der Waals surface area contributed by atoms with E-state index in [9.17, 15) is 13.6 Å². The number of benzene rings is 1. The average Bonchev–Trinajstić information content (AvgIpc) is 2.36. The molecule has 1 aromatic heterocycles. The van der Waals surface area contributed by atoms with Crippen LogP contribution in [-0.4, -0.2) is 10.8 Å². The summed E-state index contributed by atoms with van der Waals surface area (Å²) in [7, 11) is 0. The lowest BCUT2D eigenvalue weighted by atomic mass is 10.0. The van der Waals surface area contributed by atoms with Crippen LogP contribution < -0.4 is 0 Å². The molecular weight excluding hydrogens is 224 g/mol. The molecule has 0 bridgehead atoms. The van der Waals surface area contributed by atoms with Gasteiger partial charge in [-0.2, -0.15) is 0 Å². The second kappa shape index (κ2) is 4.41. The lowest BCUT2D eigenvalue weighted by molar-refractivity contribution is 0.102. The van der Waals surface area contributed by atoms with Gasteiger partial charge in [-0.25, -0.2) is 8.78 Å². The molecule has 2 rings (SSSR count). The fraction of sp³-hybridized carbons (Fsp3) is 0.0769. The Labute approximate surface area is 96.9 Å². The summed E-state index contributed by atoms with van der Waals surface area (Å²) in [5, 5.41) is 0. The van der Waals surface area contributed by atoms with Crippen LogP contribution in [0.1, 0.15) is 21.6 Å². The van der Waals surface area contributed by atoms with Gasteiger partial charge in [-0.15, -0.1) is 0 Å². The van der Waals surface area contributed by atoms with E-state index in [1.54, 1.807) is 12.1 Å². The molecule has 0 spiro atoms. The largest absolute Gasteiger partial charge is 0.287 e. The maximum atomic E-state index is 13.6. The van der Waals surface area contributed by atoms with E-state index >= 15 is 0 Å². The van der Waals surface area contributed by atoms with E-state index in [0.29, 0.717) is 0 Å². The van der Waals surface area contributed by atoms with Gasteiger partial charge in [-0.1, -0.05) is 12.1 Å². The van der Waals surface area contributed by atoms with E-state index in [1.165, 1.54) is 31.3 Å². The first-order chi connectivity index (χ1) is 8.11. The second-order valence-corrected chi connectivity index (χ2v) is 3.60. The molecular formula is C13H9F2NO. The number of rotatable bonds is 2. The highest BCUT2D eigenvalue weighted by atomic mass is 19.2. The van der Waals surface area contributed by atoms with Gasteiger partial charge in [0.05, 0.1) is 5.56 Å². The standard InChI is InChI=1S/C13H9F2NO/c1-8-5-6-9(12(15)11(8)14)13(17)10-4-2-3-7-16-10/h2-7H,1H3. The number of pyridine rings is 1. The summed E-state index contributed by atoms with van der Waals surface area (Å²) in [6, 6.07) is 7.35. The molecule has 1 heterocycles. The van der Waals surface area contributed by atoms with E-state index in [4.69, 9.17) is 0 Å². The Morgan fingerprint density at radius 1 is 1.12 bits per heavy atom. The molecule has 86 valence electrons. The number of carbonyl (C=O) groups excluding carboxylic acids is 1. The van der Waals surface area contributed by atoms with Crippen LogP contribution in [0.5, 0.6) is 0 Å². The van der Waals surface area contributed by atoms with Crippen molar-refractivity contribution in [3.63, 3.8) is 0 Å². The maximum Gasteiger partial charge on any atom is 0.214 e. The van der Waals surface area contributed by atoms with Gasteiger partial charge in [0.1, 0.15) is 5.69 Å². The van der Waals surface area contributed by atoms with E-state index in [1.807, 2.05) is 0 Å². The molecule has 0 aliphatic carbocycles. The SMILES string of the molecule is Cc1ccc(C(=O)c2ccccn2)c(F)c1F. The van der Waals surface area contributed by atoms with Crippen molar-refractivity contribution in [2.24, 2.45) is 0 Å². The zero-order valence-electron chi connectivity index (χ0n) is 9.08. The Hall–Kier alpha value is -2.10. The smallest absolute Gasteiger partial charge is 0.214 e. The van der Waals surface area contributed by atoms with E-state index in [0.717, 1.165) is 0 Å². The molecule has 2 nitrogen and oxygen atoms in total. The van der Waals surface area contributed by atoms with Crippen molar-refractivity contribution in [3.05, 3.63) is 65.0 Å². The van der Waals surface area contributed by atoms with Crippen molar-refractivity contribution in [1.82, 2.24) is 4.98 Å². The third-order valence-electron chi connectivity index (χ3n) is 2.42. The van der Waals surface area contributed by atoms with Gasteiger partial charge < -0.3 is 0 Å². The second-order valence-electron chi connectivity index (χ2n) is 3.60. The minimum atomic E-state index is -1.12. The minimum Gasteiger partial charge on any atom is -0.287 e. The fourth-order valence-corrected chi connectivity index (χ4v) is 1.46. The van der Waals surface area contributed by atoms with Crippen molar-refractivity contribution < 1.29 is 13.6 Å². The van der Waals surface area contributed by atoms with Gasteiger partial charge in [0.2, 0.25) is 5.78 Å². The molecule has 0 aliphatic rings. The number of aromatic nitrogens is 1. The highest BCUT2D eigenvalue weighted by Gasteiger charge is 2.18. The van der Waals surface area contributed by atoms with Gasteiger partial charge in [0.25, 0.3) is 0 Å². The number of nitrogens with zero attached hydrogens (tertiary/aromatic N) is 1. The molecule has 0 radical (unpaired) electrons. The third-order valence-corrected chi connectivity index (χ3v) is 2.42. The van der Waals surface area contributed by atoms with E-state index < -0.39 is 17.4 Å². The Morgan fingerprint density at radius 2 is 1.88 bits per heavy atom. The Balaban J connectivity index is 2.49. The zero-order valence-corrected chi connectivity index (χ0v) is 9.08. The maximum absolute atomic E-state index is 13.6. The van der Waals surface area contributed by atoms with Crippen molar-refractivity contribution in [3.8, 4) is 0 Å². The summed E-state index contributed by atoms with van der Waals surface area (Å²) in [4.78, 5) is 15.7. The van der Waals surface area contributed by atoms with E-state index in [-0.39, 0.29) is 16.8 Å². The van der Waals surface area contributed by atoms with Gasteiger partial charge in [-0.3, -0.25) is 9.78 Å². The van der Waals surface area contributed by atoms with Gasteiger partial charge >= 0.3 is 0 Å². The average molecular weight is 233 g/mol. The Kier molecular flexibility index (Phi) is 2.95. The van der Waals surface area contributed by atoms with Crippen LogP contribution in [0.25, 0.3) is 0 Å². The third kappa shape index (κ3) is 2.06. The van der Waals surface area contributed by atoms with E-state index in [2.05, 4.69) is 4.98 Å². The summed E-state index contributed by atoms with van der Waals surface area (Å²) in [6.07, 6.45) is 1.43. The molecule has 1 aromatic carbocycles. The van der Waals surface area contributed by atoms with Crippen LogP contribution in [0.3, 0.4) is 0 Å². The number of halogens is 2. The van der Waals surface area contributed by atoms with Crippen molar-refractivity contribution in [2.75, 3.05) is 0 Å². The normalized spacial score (nSPS) is 10.3. The zero-order chi connectivity index (χ0) is 12.4. The fourth-order valence-electron chi connectivity index (χ4n) is 1.46. The molecule has 0 fully saturated rings. The number of hydrogen-bond donors (Lipinski definition) is 0. The molecule has 17 heavy (non-hydrogen) atoms. The number of aryl methyl sites for hydroxylation is 1. The molecule has 0 aliphatic heterocycles. The molecule has 2 aromatic rings. The summed E-state index contributed by atoms with van der Waals surface area (Å²) >= 11 is 0. The summed E-state index contributed by atoms with van der Waals surface area (Å²) in [5.74, 6) is -2.74. The molecule has 0 saturated heterocycles. The molecule has 0 N–H and O–H groups in total. The molecule has 0 unspecified atom stereocenters. The van der Waals surface area contributed by atoms with Crippen LogP contribution in [0.2, 0.25) is 0 Å². The summed E-state index contributed by atoms with van der Waals surface area (Å²) < 4.78 is 26.9. The monoisotopic (exact) mass is 233 g/mol. The predicted molar refractivity (Wildman–Crippen MR) is 58.8 cm³/mol. The van der Waals surface area contributed by atoms with Crippen LogP contribution >= 0.6 is 0 Å². The topological polar surface area (TPSA) is 30.0 Å². The first-order valence-electron chi connectivity index (χ1n) is 5.01. The van der Waals surface area contributed by atoms with Crippen molar-refractivity contribution >= 4 is 5.78 Å². The Bertz CT molecular complexity index is 567. The molecule has 0 amide bonds. The molecule has 4 heteroatoms. The number of carbonyl (C=O) groups is 1. The van der Waals surface area contributed by atoms with Gasteiger partial charge in [0.15, 0.2) is 11.6 Å². The lowest BCUT2D eigenvalue weighted by Crippen LogP contribution is -2.08. The minimum absolute atomic E-state index is 0.0923. The first-order valence-corrected chi connectivity index (χ1v) is 5.01. The lowest BCUT2D eigenvalue weighted by Gasteiger charge is -2.04. The quantitative estimate of drug-likeness (QED) is 0.746. The van der Waals surface area contributed by atoms with Crippen LogP contribution in [0.4, 0.5) is 8.78 Å². The van der Waals surface area contributed by atoms with Crippen LogP contribution in [0, 0.1) is 18.6 Å². The van der Waals surface area contributed by atoms with Crippen LogP contribution in [0.15, 0.2) is 36.5 Å². The van der Waals surface area contributed by atoms with Gasteiger partial charge in [-0.05, 0) is 30.7 Å². The number of hydrogen-bond acceptors (Lipinski definition) is 2. The van der Waals surface area contributed by atoms with Crippen molar-refractivity contribution in [1.29, 1.82) is 0 Å². The van der Waals surface area contributed by atoms with Crippen LogP contribution in [-0.2, 0) is 0 Å². The molecule has 0 saturated carbocycles. The molecule has 0 atom stereocenters. The Morgan fingerprint density at radius 3 is 2.53 bits per heavy atom. The van der Waals surface area contributed by atoms with Gasteiger partial charge in [0, 0.05) is 6.20 Å². The van der Waals surface area contributed by atoms with Crippen molar-refractivity contribution in [2.45, 2.75) is 6.92 Å². The highest BCUT2D eigenvalue weighted by molar-refractivity contribution is 6.07. The summed E-state index contributed by atoms with van der Waals surface area (Å²) in [5.41, 5.74) is -0.0403. The first kappa shape index (κ1) is 11.4. The highest BCUT2D eigenvalue weighted by Crippen LogP contribution is 2.18.